The van der Waals surface area contributed by atoms with E-state index < -0.39 is 0 Å². The summed E-state index contributed by atoms with van der Waals surface area (Å²) in [5.41, 5.74) is 18.8. The van der Waals surface area contributed by atoms with Gasteiger partial charge < -0.3 is 32.7 Å². The van der Waals surface area contributed by atoms with Crippen LogP contribution in [-0.2, 0) is 0 Å². The molecule has 0 heterocycles. The summed E-state index contributed by atoms with van der Waals surface area (Å²) < 4.78 is 0. The molecule has 0 unspecified atom stereocenters. The lowest BCUT2D eigenvalue weighted by molar-refractivity contribution is 0.397. The minimum absolute atomic E-state index is 0.348. The molecule has 0 bridgehead atoms. The predicted molar refractivity (Wildman–Crippen MR) is 148 cm³/mol. The minimum Gasteiger partial charge on any atom is -0.370 e. The maximum Gasteiger partial charge on any atom is 0.191 e. The second kappa shape index (κ2) is 15.7. The zero-order valence-corrected chi connectivity index (χ0v) is 21.9. The van der Waals surface area contributed by atoms with E-state index in [2.05, 4.69) is 25.5 Å². The predicted octanol–water partition coefficient (Wildman–Crippen LogP) is 2.80. The van der Waals surface area contributed by atoms with Gasteiger partial charge in [-0.1, -0.05) is 57.8 Å². The quantitative estimate of drug-likeness (QED) is 0.181. The zero-order valence-electron chi connectivity index (χ0n) is 21.9. The highest BCUT2D eigenvalue weighted by molar-refractivity contribution is 5.79. The van der Waals surface area contributed by atoms with Crippen LogP contribution in [0.15, 0.2) is 15.0 Å². The van der Waals surface area contributed by atoms with Crippen molar-refractivity contribution >= 4 is 17.9 Å². The molecule has 0 aliphatic heterocycles. The highest BCUT2D eigenvalue weighted by Crippen LogP contribution is 2.20. The smallest absolute Gasteiger partial charge is 0.191 e. The van der Waals surface area contributed by atoms with Gasteiger partial charge >= 0.3 is 0 Å². The van der Waals surface area contributed by atoms with Crippen molar-refractivity contribution in [2.75, 3.05) is 26.2 Å². The molecule has 35 heavy (non-hydrogen) atoms. The number of hydrogen-bond donors (Lipinski definition) is 5. The van der Waals surface area contributed by atoms with Crippen LogP contribution in [0.5, 0.6) is 0 Å². The molecule has 3 aliphatic rings. The maximum absolute atomic E-state index is 6.49. The second-order valence-corrected chi connectivity index (χ2v) is 10.6. The Morgan fingerprint density at radius 2 is 1.11 bits per heavy atom. The first-order valence-electron chi connectivity index (χ1n) is 14.3. The van der Waals surface area contributed by atoms with E-state index >= 15 is 0 Å². The normalized spacial score (nSPS) is 22.2. The summed E-state index contributed by atoms with van der Waals surface area (Å²) in [6.45, 7) is 2.76. The summed E-state index contributed by atoms with van der Waals surface area (Å²) in [6, 6.07) is 1.29. The van der Waals surface area contributed by atoms with Gasteiger partial charge in [0.2, 0.25) is 0 Å². The molecule has 0 spiro atoms. The lowest BCUT2D eigenvalue weighted by Crippen LogP contribution is -2.43. The van der Waals surface area contributed by atoms with E-state index in [0.29, 0.717) is 55.6 Å². The standard InChI is InChI=1S/C26H51N9/c27-24(32-21-11-4-1-5-12-21)30-17-10-19-35(26(29)34-23-15-8-3-9-16-23)20-18-31-25(28)33-22-13-6-2-7-14-22/h21-23H,1-20H2,(H2,29,34)(H3,27,30,32)(H3,28,31,33). The van der Waals surface area contributed by atoms with Gasteiger partial charge in [0.15, 0.2) is 17.9 Å². The molecule has 0 saturated heterocycles. The first kappa shape index (κ1) is 27.4. The first-order chi connectivity index (χ1) is 17.1. The summed E-state index contributed by atoms with van der Waals surface area (Å²) >= 11 is 0. The van der Waals surface area contributed by atoms with Crippen molar-refractivity contribution in [1.29, 1.82) is 0 Å². The van der Waals surface area contributed by atoms with Gasteiger partial charge in [-0.25, -0.2) is 4.99 Å². The van der Waals surface area contributed by atoms with Gasteiger partial charge in [-0.2, -0.15) is 0 Å². The lowest BCUT2D eigenvalue weighted by atomic mass is 9.96. The molecule has 3 aliphatic carbocycles. The van der Waals surface area contributed by atoms with Crippen molar-refractivity contribution < 1.29 is 0 Å². The van der Waals surface area contributed by atoms with Gasteiger partial charge in [-0.3, -0.25) is 9.98 Å². The maximum atomic E-state index is 6.49. The van der Waals surface area contributed by atoms with E-state index in [4.69, 9.17) is 22.2 Å². The Morgan fingerprint density at radius 1 is 0.629 bits per heavy atom. The molecule has 9 nitrogen and oxygen atoms in total. The Hall–Kier alpha value is -2.19. The van der Waals surface area contributed by atoms with Crippen LogP contribution in [0.3, 0.4) is 0 Å². The molecule has 0 radical (unpaired) electrons. The Balaban J connectivity index is 1.47. The largest absolute Gasteiger partial charge is 0.370 e. The molecule has 0 aromatic heterocycles. The van der Waals surface area contributed by atoms with Crippen LogP contribution >= 0.6 is 0 Å². The molecule has 0 amide bonds. The molecule has 0 aromatic rings. The Morgan fingerprint density at radius 3 is 1.66 bits per heavy atom. The number of nitrogens with one attached hydrogen (secondary N) is 2. The molecule has 0 atom stereocenters. The Labute approximate surface area is 212 Å². The van der Waals surface area contributed by atoms with E-state index in [0.717, 1.165) is 25.8 Å². The van der Waals surface area contributed by atoms with Crippen LogP contribution in [0.2, 0.25) is 0 Å². The highest BCUT2D eigenvalue weighted by atomic mass is 15.3. The fourth-order valence-corrected chi connectivity index (χ4v) is 5.58. The van der Waals surface area contributed by atoms with Crippen molar-refractivity contribution in [3.63, 3.8) is 0 Å². The van der Waals surface area contributed by atoms with Crippen LogP contribution in [0.1, 0.15) is 103 Å². The third kappa shape index (κ3) is 10.9. The fourth-order valence-electron chi connectivity index (χ4n) is 5.58. The van der Waals surface area contributed by atoms with Crippen LogP contribution in [0.4, 0.5) is 0 Å². The molecule has 3 rings (SSSR count). The first-order valence-corrected chi connectivity index (χ1v) is 14.3. The van der Waals surface area contributed by atoms with Crippen LogP contribution < -0.4 is 27.8 Å². The third-order valence-corrected chi connectivity index (χ3v) is 7.65. The van der Waals surface area contributed by atoms with Crippen molar-refractivity contribution in [3.8, 4) is 0 Å². The monoisotopic (exact) mass is 489 g/mol. The van der Waals surface area contributed by atoms with Crippen LogP contribution in [0.25, 0.3) is 0 Å². The van der Waals surface area contributed by atoms with E-state index in [-0.39, 0.29) is 0 Å². The molecular weight excluding hydrogens is 438 g/mol. The lowest BCUT2D eigenvalue weighted by Gasteiger charge is -2.26. The molecule has 3 saturated carbocycles. The number of aliphatic imine (C=N–C) groups is 3. The van der Waals surface area contributed by atoms with Crippen LogP contribution in [0, 0.1) is 0 Å². The highest BCUT2D eigenvalue weighted by Gasteiger charge is 2.16. The molecular formula is C26H51N9. The van der Waals surface area contributed by atoms with Crippen molar-refractivity contribution in [2.45, 2.75) is 121 Å². The number of rotatable bonds is 10. The van der Waals surface area contributed by atoms with Gasteiger partial charge in [0.05, 0.1) is 12.6 Å². The molecule has 0 aromatic carbocycles. The SMILES string of the molecule is NC(=NCCCN(CCN=C(N)NC1CCCCC1)C(N)=NC1CCCCC1)NC1CCCCC1. The van der Waals surface area contributed by atoms with Crippen LogP contribution in [-0.4, -0.2) is 67.1 Å². The number of guanidine groups is 3. The summed E-state index contributed by atoms with van der Waals surface area (Å²) in [5, 5.41) is 6.79. The zero-order chi connectivity index (χ0) is 24.7. The van der Waals surface area contributed by atoms with Crippen molar-refractivity contribution in [3.05, 3.63) is 0 Å². The average Bonchev–Trinajstić information content (AvgIpc) is 2.87. The minimum atomic E-state index is 0.348. The summed E-state index contributed by atoms with van der Waals surface area (Å²) in [6.07, 6.45) is 19.5. The van der Waals surface area contributed by atoms with Crippen molar-refractivity contribution in [2.24, 2.45) is 32.2 Å². The van der Waals surface area contributed by atoms with E-state index in [1.54, 1.807) is 0 Å². The second-order valence-electron chi connectivity index (χ2n) is 10.6. The average molecular weight is 490 g/mol. The third-order valence-electron chi connectivity index (χ3n) is 7.65. The fraction of sp³-hybridized carbons (Fsp3) is 0.885. The molecule has 9 heteroatoms. The van der Waals surface area contributed by atoms with Gasteiger partial charge in [-0.15, -0.1) is 0 Å². The van der Waals surface area contributed by atoms with Gasteiger partial charge in [0.25, 0.3) is 0 Å². The summed E-state index contributed by atoms with van der Waals surface area (Å²) in [4.78, 5) is 16.2. The van der Waals surface area contributed by atoms with E-state index in [9.17, 15) is 0 Å². The Kier molecular flexibility index (Phi) is 12.3. The van der Waals surface area contributed by atoms with Gasteiger partial charge in [-0.05, 0) is 44.9 Å². The van der Waals surface area contributed by atoms with Crippen molar-refractivity contribution in [1.82, 2.24) is 15.5 Å². The summed E-state index contributed by atoms with van der Waals surface area (Å²) in [7, 11) is 0. The van der Waals surface area contributed by atoms with E-state index in [1.807, 2.05) is 0 Å². The molecule has 8 N–H and O–H groups in total. The van der Waals surface area contributed by atoms with E-state index in [1.165, 1.54) is 83.5 Å². The van der Waals surface area contributed by atoms with Gasteiger partial charge in [0, 0.05) is 31.7 Å². The summed E-state index contributed by atoms with van der Waals surface area (Å²) in [5.74, 6) is 1.74. The molecule has 200 valence electrons. The number of nitrogens with two attached hydrogens (primary N) is 3. The Bertz CT molecular complexity index is 672. The number of hydrogen-bond acceptors (Lipinski definition) is 3. The number of nitrogens with zero attached hydrogens (tertiary/aromatic N) is 4. The van der Waals surface area contributed by atoms with Gasteiger partial charge in [0.1, 0.15) is 0 Å². The molecule has 3 fully saturated rings. The topological polar surface area (TPSA) is 142 Å².